The van der Waals surface area contributed by atoms with Crippen LogP contribution >= 0.6 is 0 Å². The SMILES string of the molecule is CC(C)(C)CNc1ncccc1CS(=O)c1nc2ccccc2[nH]1. The number of imidazole rings is 1. The second-order valence-corrected chi connectivity index (χ2v) is 8.34. The van der Waals surface area contributed by atoms with Gasteiger partial charge in [-0.3, -0.25) is 4.21 Å². The summed E-state index contributed by atoms with van der Waals surface area (Å²) in [6.45, 7) is 7.29. The first kappa shape index (κ1) is 16.6. The number of rotatable bonds is 5. The number of fused-ring (bicyclic) bond motifs is 1. The van der Waals surface area contributed by atoms with E-state index in [2.05, 4.69) is 41.0 Å². The summed E-state index contributed by atoms with van der Waals surface area (Å²) >= 11 is 0. The van der Waals surface area contributed by atoms with Gasteiger partial charge in [0.25, 0.3) is 0 Å². The Morgan fingerprint density at radius 2 is 1.96 bits per heavy atom. The number of H-pyrrole nitrogens is 1. The molecule has 0 aliphatic heterocycles. The van der Waals surface area contributed by atoms with Gasteiger partial charge in [-0.15, -0.1) is 0 Å². The first-order valence-electron chi connectivity index (χ1n) is 7.93. The lowest BCUT2D eigenvalue weighted by Crippen LogP contribution is -2.20. The van der Waals surface area contributed by atoms with Crippen LogP contribution in [0, 0.1) is 5.41 Å². The van der Waals surface area contributed by atoms with E-state index in [0.717, 1.165) is 29.0 Å². The Balaban J connectivity index is 1.79. The minimum Gasteiger partial charge on any atom is -0.369 e. The maximum atomic E-state index is 12.7. The molecule has 0 saturated carbocycles. The van der Waals surface area contributed by atoms with E-state index in [1.165, 1.54) is 0 Å². The Morgan fingerprint density at radius 3 is 2.71 bits per heavy atom. The minimum absolute atomic E-state index is 0.146. The molecular formula is C18H22N4OS. The lowest BCUT2D eigenvalue weighted by atomic mass is 9.97. The van der Waals surface area contributed by atoms with Crippen LogP contribution in [-0.2, 0) is 16.6 Å². The van der Waals surface area contributed by atoms with E-state index >= 15 is 0 Å². The fourth-order valence-corrected chi connectivity index (χ4v) is 3.39. The summed E-state index contributed by atoms with van der Waals surface area (Å²) in [7, 11) is -1.25. The van der Waals surface area contributed by atoms with Crippen molar-refractivity contribution >= 4 is 27.7 Å². The van der Waals surface area contributed by atoms with Gasteiger partial charge in [-0.1, -0.05) is 39.0 Å². The largest absolute Gasteiger partial charge is 0.369 e. The van der Waals surface area contributed by atoms with E-state index in [-0.39, 0.29) is 5.41 Å². The summed E-state index contributed by atoms with van der Waals surface area (Å²) in [5, 5.41) is 3.86. The van der Waals surface area contributed by atoms with Crippen molar-refractivity contribution in [2.45, 2.75) is 31.7 Å². The van der Waals surface area contributed by atoms with Crippen molar-refractivity contribution in [3.05, 3.63) is 48.2 Å². The van der Waals surface area contributed by atoms with Crippen LogP contribution in [0.4, 0.5) is 5.82 Å². The predicted molar refractivity (Wildman–Crippen MR) is 98.4 cm³/mol. The van der Waals surface area contributed by atoms with Crippen molar-refractivity contribution in [2.24, 2.45) is 5.41 Å². The molecule has 0 fully saturated rings. The molecule has 0 bridgehead atoms. The summed E-state index contributed by atoms with van der Waals surface area (Å²) < 4.78 is 12.7. The number of hydrogen-bond acceptors (Lipinski definition) is 4. The van der Waals surface area contributed by atoms with E-state index in [0.29, 0.717) is 10.9 Å². The molecule has 1 aromatic carbocycles. The van der Waals surface area contributed by atoms with Gasteiger partial charge in [0, 0.05) is 18.3 Å². The molecule has 2 heterocycles. The quantitative estimate of drug-likeness (QED) is 0.741. The summed E-state index contributed by atoms with van der Waals surface area (Å²) in [4.78, 5) is 12.0. The first-order valence-corrected chi connectivity index (χ1v) is 9.25. The van der Waals surface area contributed by atoms with Crippen LogP contribution in [0.25, 0.3) is 11.0 Å². The monoisotopic (exact) mass is 342 g/mol. The number of para-hydroxylation sites is 2. The highest BCUT2D eigenvalue weighted by Crippen LogP contribution is 2.20. The number of nitrogens with one attached hydrogen (secondary N) is 2. The maximum Gasteiger partial charge on any atom is 0.197 e. The van der Waals surface area contributed by atoms with Gasteiger partial charge in [-0.05, 0) is 23.6 Å². The average Bonchev–Trinajstić information content (AvgIpc) is 2.97. The molecule has 0 aliphatic carbocycles. The minimum atomic E-state index is -1.25. The molecule has 2 N–H and O–H groups in total. The maximum absolute atomic E-state index is 12.7. The lowest BCUT2D eigenvalue weighted by molar-refractivity contribution is 0.442. The molecule has 1 unspecified atom stereocenters. The third-order valence-corrected chi connectivity index (χ3v) is 4.75. The molecular weight excluding hydrogens is 320 g/mol. The highest BCUT2D eigenvalue weighted by molar-refractivity contribution is 7.84. The fourth-order valence-electron chi connectivity index (χ4n) is 2.31. The van der Waals surface area contributed by atoms with Gasteiger partial charge < -0.3 is 10.3 Å². The number of anilines is 1. The zero-order valence-electron chi connectivity index (χ0n) is 14.2. The number of benzene rings is 1. The summed E-state index contributed by atoms with van der Waals surface area (Å²) in [6, 6.07) is 11.5. The van der Waals surface area contributed by atoms with Crippen molar-refractivity contribution in [2.75, 3.05) is 11.9 Å². The number of nitrogens with zero attached hydrogens (tertiary/aromatic N) is 2. The zero-order chi connectivity index (χ0) is 17.2. The van der Waals surface area contributed by atoms with Crippen LogP contribution in [0.5, 0.6) is 0 Å². The predicted octanol–water partition coefficient (Wildman–Crippen LogP) is 3.72. The van der Waals surface area contributed by atoms with Crippen LogP contribution in [0.1, 0.15) is 26.3 Å². The second-order valence-electron chi connectivity index (χ2n) is 6.97. The summed E-state index contributed by atoms with van der Waals surface area (Å²) in [5.41, 5.74) is 2.81. The molecule has 0 saturated heterocycles. The third-order valence-electron chi connectivity index (χ3n) is 3.55. The van der Waals surface area contributed by atoms with E-state index in [1.807, 2.05) is 36.4 Å². The highest BCUT2D eigenvalue weighted by Gasteiger charge is 2.15. The average molecular weight is 342 g/mol. The molecule has 0 amide bonds. The molecule has 3 rings (SSSR count). The molecule has 6 heteroatoms. The van der Waals surface area contributed by atoms with Gasteiger partial charge in [0.15, 0.2) is 5.16 Å². The standard InChI is InChI=1S/C18H22N4OS/c1-18(2,3)12-20-16-13(7-6-10-19-16)11-24(23)17-21-14-8-4-5-9-15(14)22-17/h4-10H,11-12H2,1-3H3,(H,19,20)(H,21,22). The van der Waals surface area contributed by atoms with Crippen LogP contribution in [0.15, 0.2) is 47.8 Å². The Morgan fingerprint density at radius 1 is 1.17 bits per heavy atom. The highest BCUT2D eigenvalue weighted by atomic mass is 32.2. The number of hydrogen-bond donors (Lipinski definition) is 2. The van der Waals surface area contributed by atoms with Gasteiger partial charge in [-0.2, -0.15) is 0 Å². The van der Waals surface area contributed by atoms with Gasteiger partial charge in [-0.25, -0.2) is 9.97 Å². The molecule has 0 aliphatic rings. The molecule has 24 heavy (non-hydrogen) atoms. The number of pyridine rings is 1. The van der Waals surface area contributed by atoms with Crippen molar-refractivity contribution in [3.63, 3.8) is 0 Å². The normalized spacial score (nSPS) is 13.1. The lowest BCUT2D eigenvalue weighted by Gasteiger charge is -2.20. The Bertz CT molecular complexity index is 834. The van der Waals surface area contributed by atoms with Crippen molar-refractivity contribution in [1.29, 1.82) is 0 Å². The van der Waals surface area contributed by atoms with E-state index in [1.54, 1.807) is 6.20 Å². The molecule has 126 valence electrons. The summed E-state index contributed by atoms with van der Waals surface area (Å²) in [5.74, 6) is 1.16. The van der Waals surface area contributed by atoms with E-state index in [9.17, 15) is 4.21 Å². The van der Waals surface area contributed by atoms with Crippen molar-refractivity contribution in [1.82, 2.24) is 15.0 Å². The number of aromatic amines is 1. The van der Waals surface area contributed by atoms with Crippen LogP contribution < -0.4 is 5.32 Å². The molecule has 5 nitrogen and oxygen atoms in total. The van der Waals surface area contributed by atoms with Crippen LogP contribution in [0.3, 0.4) is 0 Å². The molecule has 3 aromatic rings. The van der Waals surface area contributed by atoms with E-state index in [4.69, 9.17) is 0 Å². The van der Waals surface area contributed by atoms with Crippen LogP contribution in [-0.4, -0.2) is 25.7 Å². The molecule has 0 spiro atoms. The van der Waals surface area contributed by atoms with Crippen molar-refractivity contribution < 1.29 is 4.21 Å². The van der Waals surface area contributed by atoms with Crippen molar-refractivity contribution in [3.8, 4) is 0 Å². The fraction of sp³-hybridized carbons (Fsp3) is 0.333. The topological polar surface area (TPSA) is 70.7 Å². The second kappa shape index (κ2) is 6.73. The van der Waals surface area contributed by atoms with Gasteiger partial charge in [0.05, 0.1) is 27.6 Å². The molecule has 1 atom stereocenters. The number of aromatic nitrogens is 3. The van der Waals surface area contributed by atoms with Gasteiger partial charge >= 0.3 is 0 Å². The van der Waals surface area contributed by atoms with Gasteiger partial charge in [0.2, 0.25) is 0 Å². The Labute approximate surface area is 144 Å². The Kier molecular flexibility index (Phi) is 4.66. The molecule has 0 radical (unpaired) electrons. The van der Waals surface area contributed by atoms with E-state index < -0.39 is 10.8 Å². The van der Waals surface area contributed by atoms with Gasteiger partial charge in [0.1, 0.15) is 5.82 Å². The smallest absolute Gasteiger partial charge is 0.197 e. The Hall–Kier alpha value is -2.21. The summed E-state index contributed by atoms with van der Waals surface area (Å²) in [6.07, 6.45) is 1.75. The molecule has 2 aromatic heterocycles. The third kappa shape index (κ3) is 4.00. The first-order chi connectivity index (χ1) is 11.4. The zero-order valence-corrected chi connectivity index (χ0v) is 15.0. The van der Waals surface area contributed by atoms with Crippen LogP contribution in [0.2, 0.25) is 0 Å².